The van der Waals surface area contributed by atoms with Crippen molar-refractivity contribution in [1.82, 2.24) is 23.7 Å². The molecule has 0 aliphatic heterocycles. The van der Waals surface area contributed by atoms with Gasteiger partial charge >= 0.3 is 0 Å². The van der Waals surface area contributed by atoms with Gasteiger partial charge in [0, 0.05) is 127 Å². The van der Waals surface area contributed by atoms with Crippen LogP contribution in [0.15, 0.2) is 334 Å². The smallest absolute Gasteiger partial charge is 0.160 e. The molecule has 0 spiro atoms. The van der Waals surface area contributed by atoms with Gasteiger partial charge in [-0.1, -0.05) is 206 Å². The van der Waals surface area contributed by atoms with Gasteiger partial charge in [0.15, 0.2) is 5.82 Å². The highest BCUT2D eigenvalue weighted by molar-refractivity contribution is 7.26. The van der Waals surface area contributed by atoms with Crippen molar-refractivity contribution < 1.29 is 0 Å². The number of para-hydroxylation sites is 3. The Bertz CT molecular complexity index is 6980. The van der Waals surface area contributed by atoms with Gasteiger partial charge in [0.25, 0.3) is 0 Å². The van der Waals surface area contributed by atoms with E-state index in [9.17, 15) is 0 Å². The van der Waals surface area contributed by atoms with Gasteiger partial charge < -0.3 is 13.7 Å². The summed E-state index contributed by atoms with van der Waals surface area (Å²) in [7, 11) is 0. The first-order chi connectivity index (χ1) is 50.5. The summed E-state index contributed by atoms with van der Waals surface area (Å²) in [5.74, 6) is 0.639. The topological polar surface area (TPSA) is 40.6 Å². The van der Waals surface area contributed by atoms with E-state index in [1.807, 2.05) is 34.0 Å². The van der Waals surface area contributed by atoms with E-state index in [2.05, 4.69) is 347 Å². The quantitative estimate of drug-likeness (QED) is 0.144. The molecule has 22 rings (SSSR count). The Hall–Kier alpha value is -12.6. The van der Waals surface area contributed by atoms with Crippen LogP contribution in [-0.4, -0.2) is 23.7 Å². The van der Waals surface area contributed by atoms with Crippen LogP contribution in [0.4, 0.5) is 0 Å². The van der Waals surface area contributed by atoms with Gasteiger partial charge in [0.2, 0.25) is 0 Å². The number of hydrogen-bond donors (Lipinski definition) is 0. The molecule has 474 valence electrons. The number of nitrogens with zero attached hydrogens (tertiary/aromatic N) is 5. The van der Waals surface area contributed by atoms with Crippen LogP contribution >= 0.6 is 34.0 Å². The summed E-state index contributed by atoms with van der Waals surface area (Å²) in [6.45, 7) is 0. The molecule has 0 aliphatic rings. The van der Waals surface area contributed by atoms with Crippen LogP contribution in [-0.2, 0) is 0 Å². The summed E-state index contributed by atoms with van der Waals surface area (Å²) in [6, 6.07) is 123. The summed E-state index contributed by atoms with van der Waals surface area (Å²) in [5.41, 5.74) is 21.7. The Balaban J connectivity index is 0.691. The highest BCUT2D eigenvalue weighted by atomic mass is 32.1. The molecule has 0 fully saturated rings. The predicted molar refractivity (Wildman–Crippen MR) is 436 cm³/mol. The summed E-state index contributed by atoms with van der Waals surface area (Å²) >= 11 is 5.58. The maximum atomic E-state index is 5.61. The Labute approximate surface area is 597 Å². The first-order valence-corrected chi connectivity index (χ1v) is 37.0. The third kappa shape index (κ3) is 9.00. The molecule has 0 saturated carbocycles. The van der Waals surface area contributed by atoms with Crippen molar-refractivity contribution in [3.63, 3.8) is 0 Å². The summed E-state index contributed by atoms with van der Waals surface area (Å²) in [4.78, 5) is 11.2. The molecule has 0 aliphatic carbocycles. The van der Waals surface area contributed by atoms with E-state index in [-0.39, 0.29) is 0 Å². The molecule has 0 unspecified atom stereocenters. The highest BCUT2D eigenvalue weighted by Crippen LogP contribution is 2.45. The van der Waals surface area contributed by atoms with E-state index in [1.54, 1.807) is 0 Å². The standard InChI is InChI=1S/C94H55N5S3/c1-7-25-82-68(19-1)71-41-33-57(60-36-44-77-74-22-4-10-28-88(74)100-91(77)52-60)49-85(71)97(82)65-39-31-56(32-40-65)94-95-80(63-15-13-17-66(47-63)98-83-26-8-2-20-69(83)72-42-34-58(50-86(72)98)61-37-45-78-75-23-5-11-29-89(75)101-92(78)53-61)55-81(96-94)64-16-14-18-67(48-64)99-84-27-9-3-21-70(84)73-43-35-59(51-87(73)99)62-38-46-79-76-24-6-12-30-90(76)102-93(79)54-62/h1-55H. The van der Waals surface area contributed by atoms with Gasteiger partial charge in [-0.25, -0.2) is 9.97 Å². The molecule has 0 saturated heterocycles. The van der Waals surface area contributed by atoms with Gasteiger partial charge in [0.1, 0.15) is 0 Å². The Kier molecular flexibility index (Phi) is 12.6. The number of hydrogen-bond acceptors (Lipinski definition) is 5. The molecule has 0 atom stereocenters. The van der Waals surface area contributed by atoms with Crippen LogP contribution in [0.1, 0.15) is 0 Å². The molecule has 22 aromatic rings. The second-order valence-electron chi connectivity index (χ2n) is 26.8. The van der Waals surface area contributed by atoms with Gasteiger partial charge in [-0.2, -0.15) is 0 Å². The first kappa shape index (κ1) is 57.4. The van der Waals surface area contributed by atoms with Crippen molar-refractivity contribution in [2.75, 3.05) is 0 Å². The van der Waals surface area contributed by atoms with E-state index in [4.69, 9.17) is 9.97 Å². The SMILES string of the molecule is c1cc(-c2cc(-c3cccc(-n4c5ccccc5c5ccc(-c6ccc7c(c6)sc6ccccc67)cc54)c3)nc(-c3ccc(-n4c5ccccc5c5ccc(-c6ccc7c(c6)sc6ccccc67)cc54)cc3)n2)cc(-n2c3ccccc3c3ccc(-c4ccc5c(c4)sc4ccccc45)cc32)c1. The molecule has 8 heteroatoms. The van der Waals surface area contributed by atoms with Gasteiger partial charge in [-0.05, 0) is 161 Å². The number of thiophene rings is 3. The minimum absolute atomic E-state index is 0.639. The maximum absolute atomic E-state index is 5.61. The lowest BCUT2D eigenvalue weighted by molar-refractivity contribution is 1.15. The van der Waals surface area contributed by atoms with E-state index < -0.39 is 0 Å². The number of aromatic nitrogens is 5. The zero-order valence-corrected chi connectivity index (χ0v) is 57.2. The average Bonchev–Trinajstić information content (AvgIpc) is 1.59. The molecule has 5 nitrogen and oxygen atoms in total. The third-order valence-corrected chi connectivity index (χ3v) is 24.5. The maximum Gasteiger partial charge on any atom is 0.160 e. The van der Waals surface area contributed by atoms with Crippen LogP contribution in [0.25, 0.3) is 210 Å². The van der Waals surface area contributed by atoms with Crippen molar-refractivity contribution in [2.45, 2.75) is 0 Å². The molecule has 0 bridgehead atoms. The molecule has 7 aromatic heterocycles. The normalized spacial score (nSPS) is 12.1. The molecule has 0 radical (unpaired) electrons. The lowest BCUT2D eigenvalue weighted by atomic mass is 10.0. The van der Waals surface area contributed by atoms with Crippen molar-refractivity contribution >= 4 is 160 Å². The van der Waals surface area contributed by atoms with E-state index in [0.717, 1.165) is 78.2 Å². The van der Waals surface area contributed by atoms with Gasteiger partial charge in [-0.15, -0.1) is 34.0 Å². The second kappa shape index (κ2) is 22.5. The first-order valence-electron chi connectivity index (χ1n) is 34.6. The van der Waals surface area contributed by atoms with Gasteiger partial charge in [-0.3, -0.25) is 0 Å². The average molecular weight is 1350 g/mol. The number of benzene rings is 15. The summed E-state index contributed by atoms with van der Waals surface area (Å²) in [5, 5.41) is 15.1. The van der Waals surface area contributed by atoms with Crippen molar-refractivity contribution in [3.05, 3.63) is 334 Å². The van der Waals surface area contributed by atoms with Crippen molar-refractivity contribution in [1.29, 1.82) is 0 Å². The fraction of sp³-hybridized carbons (Fsp3) is 0. The molecule has 15 aromatic carbocycles. The minimum atomic E-state index is 0.639. The van der Waals surface area contributed by atoms with Crippen LogP contribution in [0.3, 0.4) is 0 Å². The summed E-state index contributed by atoms with van der Waals surface area (Å²) in [6.07, 6.45) is 0. The Morgan fingerprint density at radius 2 is 0.471 bits per heavy atom. The number of rotatable bonds is 9. The molecule has 7 heterocycles. The van der Waals surface area contributed by atoms with Gasteiger partial charge in [0.05, 0.1) is 44.5 Å². The Morgan fingerprint density at radius 1 is 0.176 bits per heavy atom. The fourth-order valence-electron chi connectivity index (χ4n) is 16.2. The van der Waals surface area contributed by atoms with Crippen LogP contribution < -0.4 is 0 Å². The second-order valence-corrected chi connectivity index (χ2v) is 30.0. The zero-order valence-electron chi connectivity index (χ0n) is 54.7. The molecular formula is C94H55N5S3. The number of fused-ring (bicyclic) bond motifs is 18. The third-order valence-electron chi connectivity index (χ3n) is 21.1. The molecule has 0 N–H and O–H groups in total. The van der Waals surface area contributed by atoms with E-state index in [1.165, 1.54) is 126 Å². The van der Waals surface area contributed by atoms with Crippen molar-refractivity contribution in [3.8, 4) is 84.3 Å². The Morgan fingerprint density at radius 3 is 0.853 bits per heavy atom. The lowest BCUT2D eigenvalue weighted by Crippen LogP contribution is -1.99. The zero-order chi connectivity index (χ0) is 66.7. The fourth-order valence-corrected chi connectivity index (χ4v) is 19.7. The van der Waals surface area contributed by atoms with E-state index >= 15 is 0 Å². The van der Waals surface area contributed by atoms with Crippen LogP contribution in [0.5, 0.6) is 0 Å². The molecular weight excluding hydrogens is 1300 g/mol. The monoisotopic (exact) mass is 1350 g/mol. The molecule has 102 heavy (non-hydrogen) atoms. The predicted octanol–water partition coefficient (Wildman–Crippen LogP) is 26.9. The highest BCUT2D eigenvalue weighted by Gasteiger charge is 2.22. The summed E-state index contributed by atoms with van der Waals surface area (Å²) < 4.78 is 15.1. The lowest BCUT2D eigenvalue weighted by Gasteiger charge is -2.14. The van der Waals surface area contributed by atoms with Crippen LogP contribution in [0.2, 0.25) is 0 Å². The largest absolute Gasteiger partial charge is 0.309 e. The molecule has 0 amide bonds. The van der Waals surface area contributed by atoms with Crippen LogP contribution in [0, 0.1) is 0 Å². The van der Waals surface area contributed by atoms with Crippen molar-refractivity contribution in [2.24, 2.45) is 0 Å². The minimum Gasteiger partial charge on any atom is -0.309 e. The van der Waals surface area contributed by atoms with E-state index in [0.29, 0.717) is 5.82 Å².